The van der Waals surface area contributed by atoms with E-state index < -0.39 is 5.91 Å². The van der Waals surface area contributed by atoms with Crippen LogP contribution in [0.15, 0.2) is 59.2 Å². The maximum atomic E-state index is 13.0. The molecule has 3 rings (SSSR count). The second-order valence-electron chi connectivity index (χ2n) is 6.98. The van der Waals surface area contributed by atoms with Gasteiger partial charge < -0.3 is 5.73 Å². The Bertz CT molecular complexity index is 945. The van der Waals surface area contributed by atoms with Crippen LogP contribution in [0.3, 0.4) is 0 Å². The van der Waals surface area contributed by atoms with Crippen LogP contribution in [-0.2, 0) is 9.59 Å². The molecule has 0 saturated heterocycles. The summed E-state index contributed by atoms with van der Waals surface area (Å²) in [6.07, 6.45) is 1.77. The summed E-state index contributed by atoms with van der Waals surface area (Å²) in [5.41, 5.74) is 9.56. The van der Waals surface area contributed by atoms with Crippen LogP contribution in [0.1, 0.15) is 36.5 Å². The fourth-order valence-electron chi connectivity index (χ4n) is 2.79. The molecule has 2 N–H and O–H groups in total. The number of anilines is 1. The van der Waals surface area contributed by atoms with Crippen molar-refractivity contribution in [1.29, 1.82) is 0 Å². The molecule has 28 heavy (non-hydrogen) atoms. The SMILES string of the molecule is Cc1ccc(N2C(=O)/C(=C\c3ccc(C(C)C)cc3)N=C2SCC(N)=O)cc1. The van der Waals surface area contributed by atoms with Gasteiger partial charge in [0.05, 0.1) is 11.4 Å². The number of amides is 2. The third-order valence-corrected chi connectivity index (χ3v) is 5.33. The summed E-state index contributed by atoms with van der Waals surface area (Å²) in [5, 5.41) is 0.456. The molecule has 0 radical (unpaired) electrons. The maximum Gasteiger partial charge on any atom is 0.283 e. The number of nitrogens with zero attached hydrogens (tertiary/aromatic N) is 2. The minimum atomic E-state index is -0.453. The molecule has 2 amide bonds. The molecule has 1 aliphatic heterocycles. The highest BCUT2D eigenvalue weighted by Gasteiger charge is 2.32. The Morgan fingerprint density at radius 2 is 1.79 bits per heavy atom. The van der Waals surface area contributed by atoms with E-state index in [4.69, 9.17) is 5.73 Å². The van der Waals surface area contributed by atoms with Crippen molar-refractivity contribution in [2.24, 2.45) is 10.7 Å². The second kappa shape index (κ2) is 8.44. The molecule has 144 valence electrons. The number of rotatable bonds is 5. The van der Waals surface area contributed by atoms with Gasteiger partial charge in [0, 0.05) is 0 Å². The van der Waals surface area contributed by atoms with Gasteiger partial charge in [-0.25, -0.2) is 4.99 Å². The molecule has 5 nitrogen and oxygen atoms in total. The zero-order chi connectivity index (χ0) is 20.3. The van der Waals surface area contributed by atoms with E-state index in [2.05, 4.69) is 31.0 Å². The third-order valence-electron chi connectivity index (χ3n) is 4.37. The van der Waals surface area contributed by atoms with Gasteiger partial charge in [-0.3, -0.25) is 14.5 Å². The molecule has 1 heterocycles. The topological polar surface area (TPSA) is 75.8 Å². The molecule has 6 heteroatoms. The van der Waals surface area contributed by atoms with Crippen molar-refractivity contribution in [3.05, 3.63) is 70.9 Å². The Morgan fingerprint density at radius 1 is 1.14 bits per heavy atom. The smallest absolute Gasteiger partial charge is 0.283 e. The van der Waals surface area contributed by atoms with E-state index in [1.807, 2.05) is 43.3 Å². The summed E-state index contributed by atoms with van der Waals surface area (Å²) >= 11 is 1.16. The Morgan fingerprint density at radius 3 is 2.36 bits per heavy atom. The highest BCUT2D eigenvalue weighted by molar-refractivity contribution is 8.14. The number of hydrogen-bond acceptors (Lipinski definition) is 4. The van der Waals surface area contributed by atoms with Gasteiger partial charge in [-0.1, -0.05) is 67.6 Å². The zero-order valence-corrected chi connectivity index (χ0v) is 17.0. The number of thioether (sulfide) groups is 1. The minimum absolute atomic E-state index is 0.0604. The highest BCUT2D eigenvalue weighted by Crippen LogP contribution is 2.29. The van der Waals surface area contributed by atoms with Crippen LogP contribution in [-0.4, -0.2) is 22.7 Å². The predicted octanol–water partition coefficient (Wildman–Crippen LogP) is 4.08. The number of aryl methyl sites for hydroxylation is 1. The van der Waals surface area contributed by atoms with Gasteiger partial charge >= 0.3 is 0 Å². The second-order valence-corrected chi connectivity index (χ2v) is 7.92. The lowest BCUT2D eigenvalue weighted by Crippen LogP contribution is -2.31. The first-order chi connectivity index (χ1) is 13.3. The molecule has 0 aliphatic carbocycles. The highest BCUT2D eigenvalue weighted by atomic mass is 32.2. The summed E-state index contributed by atoms with van der Waals surface area (Å²) in [5.74, 6) is -0.165. The molecule has 0 atom stereocenters. The number of carbonyl (C=O) groups excluding carboxylic acids is 2. The van der Waals surface area contributed by atoms with E-state index in [9.17, 15) is 9.59 Å². The molecule has 0 aromatic heterocycles. The van der Waals surface area contributed by atoms with Gasteiger partial charge in [0.25, 0.3) is 5.91 Å². The number of nitrogens with two attached hydrogens (primary N) is 1. The van der Waals surface area contributed by atoms with Crippen molar-refractivity contribution in [2.45, 2.75) is 26.7 Å². The lowest BCUT2D eigenvalue weighted by atomic mass is 10.0. The van der Waals surface area contributed by atoms with Crippen molar-refractivity contribution in [3.63, 3.8) is 0 Å². The minimum Gasteiger partial charge on any atom is -0.369 e. The largest absolute Gasteiger partial charge is 0.369 e. The molecule has 2 aromatic carbocycles. The van der Waals surface area contributed by atoms with Crippen LogP contribution in [0.5, 0.6) is 0 Å². The van der Waals surface area contributed by atoms with E-state index in [0.29, 0.717) is 22.5 Å². The number of carbonyl (C=O) groups is 2. The average molecular weight is 394 g/mol. The fraction of sp³-hybridized carbons (Fsp3) is 0.227. The van der Waals surface area contributed by atoms with Crippen LogP contribution < -0.4 is 10.6 Å². The number of primary amides is 1. The lowest BCUT2D eigenvalue weighted by Gasteiger charge is -2.17. The quantitative estimate of drug-likeness (QED) is 0.778. The van der Waals surface area contributed by atoms with E-state index in [1.165, 1.54) is 10.5 Å². The molecule has 1 aliphatic rings. The molecular weight excluding hydrogens is 370 g/mol. The fourth-order valence-corrected chi connectivity index (χ4v) is 3.54. The van der Waals surface area contributed by atoms with Crippen LogP contribution >= 0.6 is 11.8 Å². The van der Waals surface area contributed by atoms with Crippen molar-refractivity contribution < 1.29 is 9.59 Å². The number of benzene rings is 2. The Hall–Kier alpha value is -2.86. The Labute approximate surface area is 169 Å². The monoisotopic (exact) mass is 393 g/mol. The Balaban J connectivity index is 1.94. The van der Waals surface area contributed by atoms with E-state index >= 15 is 0 Å². The number of amidine groups is 1. The molecule has 0 fully saturated rings. The van der Waals surface area contributed by atoms with Gasteiger partial charge in [0.15, 0.2) is 5.17 Å². The number of hydrogen-bond donors (Lipinski definition) is 1. The third kappa shape index (κ3) is 4.51. The van der Waals surface area contributed by atoms with Crippen molar-refractivity contribution in [2.75, 3.05) is 10.7 Å². The molecule has 0 saturated carbocycles. The van der Waals surface area contributed by atoms with Gasteiger partial charge in [-0.2, -0.15) is 0 Å². The standard InChI is InChI=1S/C22H23N3O2S/c1-14(2)17-8-6-16(7-9-17)12-19-21(27)25(18-10-4-15(3)5-11-18)22(24-19)28-13-20(23)26/h4-12,14H,13H2,1-3H3,(H2,23,26)/b19-12+. The summed E-state index contributed by atoms with van der Waals surface area (Å²) in [4.78, 5) is 30.3. The van der Waals surface area contributed by atoms with Crippen LogP contribution in [0.25, 0.3) is 6.08 Å². The van der Waals surface area contributed by atoms with Gasteiger partial charge in [0.2, 0.25) is 5.91 Å². The summed E-state index contributed by atoms with van der Waals surface area (Å²) in [6, 6.07) is 15.7. The number of aliphatic imine (C=N–C) groups is 1. The van der Waals surface area contributed by atoms with Gasteiger partial charge in [-0.05, 0) is 42.2 Å². The lowest BCUT2D eigenvalue weighted by molar-refractivity contribution is -0.115. The normalized spacial score (nSPS) is 15.4. The molecule has 2 aromatic rings. The van der Waals surface area contributed by atoms with Crippen LogP contribution in [0.4, 0.5) is 5.69 Å². The average Bonchev–Trinajstić information content (AvgIpc) is 2.97. The van der Waals surface area contributed by atoms with E-state index in [0.717, 1.165) is 22.9 Å². The molecule has 0 bridgehead atoms. The van der Waals surface area contributed by atoms with Gasteiger partial charge in [0.1, 0.15) is 5.70 Å². The van der Waals surface area contributed by atoms with Crippen molar-refractivity contribution in [3.8, 4) is 0 Å². The first-order valence-corrected chi connectivity index (χ1v) is 10.1. The van der Waals surface area contributed by atoms with E-state index in [-0.39, 0.29) is 11.7 Å². The van der Waals surface area contributed by atoms with Gasteiger partial charge in [-0.15, -0.1) is 0 Å². The summed E-state index contributed by atoms with van der Waals surface area (Å²) in [6.45, 7) is 6.26. The van der Waals surface area contributed by atoms with Crippen molar-refractivity contribution in [1.82, 2.24) is 0 Å². The first-order valence-electron chi connectivity index (χ1n) is 9.07. The zero-order valence-electron chi connectivity index (χ0n) is 16.2. The molecule has 0 unspecified atom stereocenters. The first kappa shape index (κ1) is 19.9. The van der Waals surface area contributed by atoms with E-state index in [1.54, 1.807) is 6.08 Å². The van der Waals surface area contributed by atoms with Crippen LogP contribution in [0.2, 0.25) is 0 Å². The van der Waals surface area contributed by atoms with Crippen LogP contribution in [0, 0.1) is 6.92 Å². The summed E-state index contributed by atoms with van der Waals surface area (Å²) in [7, 11) is 0. The maximum absolute atomic E-state index is 13.0. The predicted molar refractivity (Wildman–Crippen MR) is 116 cm³/mol. The Kier molecular flexibility index (Phi) is 5.99. The molecular formula is C22H23N3O2S. The summed E-state index contributed by atoms with van der Waals surface area (Å²) < 4.78 is 0. The van der Waals surface area contributed by atoms with Crippen molar-refractivity contribution >= 4 is 40.5 Å². The molecule has 0 spiro atoms.